The summed E-state index contributed by atoms with van der Waals surface area (Å²) < 4.78 is 0. The van der Waals surface area contributed by atoms with E-state index in [1.807, 2.05) is 18.7 Å². The molecule has 0 aromatic heterocycles. The van der Waals surface area contributed by atoms with Crippen LogP contribution in [0.4, 0.5) is 0 Å². The van der Waals surface area contributed by atoms with Crippen molar-refractivity contribution in [3.8, 4) is 0 Å². The Bertz CT molecular complexity index is 237. The molecule has 0 aliphatic rings. The van der Waals surface area contributed by atoms with E-state index in [0.29, 0.717) is 6.54 Å². The second kappa shape index (κ2) is 7.22. The number of likely N-dealkylation sites (N-methyl/N-ethyl adjacent to an activating group) is 2. The number of amides is 2. The van der Waals surface area contributed by atoms with Crippen molar-refractivity contribution >= 4 is 11.8 Å². The Morgan fingerprint density at radius 3 is 2.06 bits per heavy atom. The molecule has 0 spiro atoms. The number of hydrogen-bond acceptors (Lipinski definition) is 3. The van der Waals surface area contributed by atoms with E-state index in [0.717, 1.165) is 13.1 Å². The molecular weight excluding hydrogens is 206 g/mol. The van der Waals surface area contributed by atoms with E-state index in [1.54, 1.807) is 21.0 Å². The summed E-state index contributed by atoms with van der Waals surface area (Å²) in [6, 6.07) is -0.460. The van der Waals surface area contributed by atoms with Crippen molar-refractivity contribution in [3.63, 3.8) is 0 Å². The third-order valence-electron chi connectivity index (χ3n) is 2.45. The number of carbonyl (C=O) groups is 2. The van der Waals surface area contributed by atoms with Crippen LogP contribution in [0.25, 0.3) is 0 Å². The van der Waals surface area contributed by atoms with E-state index >= 15 is 0 Å². The number of nitrogens with one attached hydrogen (secondary N) is 1. The molecule has 0 aromatic carbocycles. The minimum absolute atomic E-state index is 0.0899. The highest BCUT2D eigenvalue weighted by molar-refractivity contribution is 5.87. The third-order valence-corrected chi connectivity index (χ3v) is 2.45. The van der Waals surface area contributed by atoms with Gasteiger partial charge in [0.2, 0.25) is 11.8 Å². The lowest BCUT2D eigenvalue weighted by Gasteiger charge is -2.21. The van der Waals surface area contributed by atoms with Crippen molar-refractivity contribution in [1.82, 2.24) is 15.1 Å². The summed E-state index contributed by atoms with van der Waals surface area (Å²) in [7, 11) is 3.35. The van der Waals surface area contributed by atoms with Gasteiger partial charge in [-0.25, -0.2) is 0 Å². The van der Waals surface area contributed by atoms with Crippen molar-refractivity contribution in [1.29, 1.82) is 0 Å². The Hall–Kier alpha value is -1.10. The van der Waals surface area contributed by atoms with Crippen LogP contribution in [0.3, 0.4) is 0 Å². The van der Waals surface area contributed by atoms with E-state index in [4.69, 9.17) is 0 Å². The largest absolute Gasteiger partial charge is 0.347 e. The fourth-order valence-electron chi connectivity index (χ4n) is 1.39. The predicted octanol–water partition coefficient (Wildman–Crippen LogP) is -0.0789. The summed E-state index contributed by atoms with van der Waals surface area (Å²) in [5, 5.41) is 2.69. The van der Waals surface area contributed by atoms with Gasteiger partial charge in [0.05, 0.1) is 6.54 Å². The van der Waals surface area contributed by atoms with Gasteiger partial charge in [-0.15, -0.1) is 0 Å². The zero-order chi connectivity index (χ0) is 12.7. The Morgan fingerprint density at radius 1 is 1.19 bits per heavy atom. The zero-order valence-electron chi connectivity index (χ0n) is 10.9. The fraction of sp³-hybridized carbons (Fsp3) is 0.818. The van der Waals surface area contributed by atoms with E-state index in [9.17, 15) is 9.59 Å². The summed E-state index contributed by atoms with van der Waals surface area (Å²) in [4.78, 5) is 26.6. The highest BCUT2D eigenvalue weighted by Gasteiger charge is 2.17. The first-order valence-corrected chi connectivity index (χ1v) is 5.65. The summed E-state index contributed by atoms with van der Waals surface area (Å²) in [6.07, 6.45) is 0. The number of hydrogen-bond donors (Lipinski definition) is 1. The van der Waals surface area contributed by atoms with E-state index < -0.39 is 6.04 Å². The predicted molar refractivity (Wildman–Crippen MR) is 64.1 cm³/mol. The van der Waals surface area contributed by atoms with Crippen LogP contribution in [-0.4, -0.2) is 61.4 Å². The van der Waals surface area contributed by atoms with E-state index in [1.165, 1.54) is 4.90 Å². The topological polar surface area (TPSA) is 52.7 Å². The average Bonchev–Trinajstić information content (AvgIpc) is 2.24. The molecule has 5 heteroatoms. The van der Waals surface area contributed by atoms with Gasteiger partial charge in [-0.1, -0.05) is 13.8 Å². The molecule has 16 heavy (non-hydrogen) atoms. The summed E-state index contributed by atoms with van der Waals surface area (Å²) in [5.41, 5.74) is 0. The first kappa shape index (κ1) is 14.9. The first-order chi connectivity index (χ1) is 7.42. The van der Waals surface area contributed by atoms with Crippen LogP contribution in [0.2, 0.25) is 0 Å². The lowest BCUT2D eigenvalue weighted by molar-refractivity contribution is -0.134. The normalized spacial score (nSPS) is 12.4. The van der Waals surface area contributed by atoms with Gasteiger partial charge >= 0.3 is 0 Å². The molecule has 1 atom stereocenters. The molecule has 0 rings (SSSR count). The van der Waals surface area contributed by atoms with Crippen LogP contribution in [0.15, 0.2) is 0 Å². The molecule has 0 fully saturated rings. The van der Waals surface area contributed by atoms with Gasteiger partial charge in [-0.05, 0) is 20.0 Å². The highest BCUT2D eigenvalue weighted by atomic mass is 16.2. The Balaban J connectivity index is 4.09. The van der Waals surface area contributed by atoms with Crippen LogP contribution >= 0.6 is 0 Å². The van der Waals surface area contributed by atoms with Crippen LogP contribution in [0, 0.1) is 0 Å². The lowest BCUT2D eigenvalue weighted by atomic mass is 10.3. The highest BCUT2D eigenvalue weighted by Crippen LogP contribution is 1.91. The second-order valence-corrected chi connectivity index (χ2v) is 3.98. The van der Waals surface area contributed by atoms with Crippen molar-refractivity contribution in [2.24, 2.45) is 0 Å². The van der Waals surface area contributed by atoms with E-state index in [-0.39, 0.29) is 11.8 Å². The minimum atomic E-state index is -0.460. The van der Waals surface area contributed by atoms with Crippen molar-refractivity contribution in [2.75, 3.05) is 33.7 Å². The summed E-state index contributed by atoms with van der Waals surface area (Å²) >= 11 is 0. The molecule has 0 unspecified atom stereocenters. The smallest absolute Gasteiger partial charge is 0.244 e. The molecule has 2 amide bonds. The molecule has 1 N–H and O–H groups in total. The Kier molecular flexibility index (Phi) is 6.72. The van der Waals surface area contributed by atoms with Crippen molar-refractivity contribution in [3.05, 3.63) is 0 Å². The third kappa shape index (κ3) is 5.11. The molecule has 0 bridgehead atoms. The average molecular weight is 229 g/mol. The zero-order valence-corrected chi connectivity index (χ0v) is 10.9. The van der Waals surface area contributed by atoms with Crippen molar-refractivity contribution < 1.29 is 9.59 Å². The maximum absolute atomic E-state index is 11.6. The van der Waals surface area contributed by atoms with Gasteiger partial charge in [0.1, 0.15) is 6.04 Å². The molecule has 94 valence electrons. The van der Waals surface area contributed by atoms with Crippen LogP contribution in [0.5, 0.6) is 0 Å². The molecule has 0 aliphatic heterocycles. The summed E-state index contributed by atoms with van der Waals surface area (Å²) in [6.45, 7) is 7.72. The molecule has 0 heterocycles. The standard InChI is InChI=1S/C11H23N3O2/c1-6-14(7-2)8-10(15)12-9(3)11(16)13(4)5/h9H,6-8H2,1-5H3,(H,12,15)/t9-/m0/s1. The van der Waals surface area contributed by atoms with Crippen LogP contribution < -0.4 is 5.32 Å². The summed E-state index contributed by atoms with van der Waals surface area (Å²) in [5.74, 6) is -0.195. The monoisotopic (exact) mass is 229 g/mol. The maximum atomic E-state index is 11.6. The van der Waals surface area contributed by atoms with Gasteiger partial charge in [-0.2, -0.15) is 0 Å². The number of carbonyl (C=O) groups excluding carboxylic acids is 2. The van der Waals surface area contributed by atoms with Crippen LogP contribution in [0.1, 0.15) is 20.8 Å². The molecule has 0 saturated carbocycles. The molecular formula is C11H23N3O2. The van der Waals surface area contributed by atoms with Gasteiger partial charge in [0.25, 0.3) is 0 Å². The molecule has 5 nitrogen and oxygen atoms in total. The minimum Gasteiger partial charge on any atom is -0.347 e. The van der Waals surface area contributed by atoms with E-state index in [2.05, 4.69) is 5.32 Å². The molecule has 0 aromatic rings. The van der Waals surface area contributed by atoms with Gasteiger partial charge < -0.3 is 10.2 Å². The molecule has 0 aliphatic carbocycles. The quantitative estimate of drug-likeness (QED) is 0.693. The van der Waals surface area contributed by atoms with Gasteiger partial charge in [0.15, 0.2) is 0 Å². The fourth-order valence-corrected chi connectivity index (χ4v) is 1.39. The first-order valence-electron chi connectivity index (χ1n) is 5.65. The number of rotatable bonds is 6. The molecule has 0 saturated heterocycles. The SMILES string of the molecule is CCN(CC)CC(=O)N[C@@H](C)C(=O)N(C)C. The molecule has 0 radical (unpaired) electrons. The van der Waals surface area contributed by atoms with Gasteiger partial charge in [0, 0.05) is 14.1 Å². The second-order valence-electron chi connectivity index (χ2n) is 3.98. The van der Waals surface area contributed by atoms with Crippen LogP contribution in [-0.2, 0) is 9.59 Å². The lowest BCUT2D eigenvalue weighted by Crippen LogP contribution is -2.47. The maximum Gasteiger partial charge on any atom is 0.244 e. The van der Waals surface area contributed by atoms with Crippen molar-refractivity contribution in [2.45, 2.75) is 26.8 Å². The van der Waals surface area contributed by atoms with Gasteiger partial charge in [-0.3, -0.25) is 14.5 Å². The Morgan fingerprint density at radius 2 is 1.69 bits per heavy atom. The number of nitrogens with zero attached hydrogens (tertiary/aromatic N) is 2. The Labute approximate surface area is 97.8 Å².